The van der Waals surface area contributed by atoms with Crippen LogP contribution in [0.3, 0.4) is 0 Å². The standard InChI is InChI=1S/C28H28F2N8O/c1-17-12-18(29)13-21(30)20(17)14-31-15-24-35-25-26(36(24)2)32-16-33-27(25)37-10-8-19(9-11-37)38-23-7-5-3-4-6-22(23)34-28(38)39/h3-7,12-13,16,19,31H,8-11,14-15H2,1-2H3. The number of nitrogens with zero attached hydrogens (tertiary/aromatic N) is 7. The van der Waals surface area contributed by atoms with Gasteiger partial charge in [-0.15, -0.1) is 0 Å². The summed E-state index contributed by atoms with van der Waals surface area (Å²) in [6, 6.07) is 11.8. The van der Waals surface area contributed by atoms with E-state index in [0.29, 0.717) is 47.6 Å². The van der Waals surface area contributed by atoms with Crippen LogP contribution in [0.2, 0.25) is 0 Å². The van der Waals surface area contributed by atoms with Gasteiger partial charge in [-0.3, -0.25) is 4.57 Å². The Kier molecular flexibility index (Phi) is 6.51. The van der Waals surface area contributed by atoms with Crippen molar-refractivity contribution in [1.29, 1.82) is 0 Å². The number of hydrogen-bond acceptors (Lipinski definition) is 7. The van der Waals surface area contributed by atoms with E-state index in [2.05, 4.69) is 25.2 Å². The van der Waals surface area contributed by atoms with E-state index in [1.807, 2.05) is 46.5 Å². The highest BCUT2D eigenvalue weighted by Crippen LogP contribution is 2.31. The maximum atomic E-state index is 14.2. The fourth-order valence-electron chi connectivity index (χ4n) is 5.45. The van der Waals surface area contributed by atoms with Gasteiger partial charge < -0.3 is 14.8 Å². The molecule has 1 N–H and O–H groups in total. The van der Waals surface area contributed by atoms with Crippen molar-refractivity contribution in [2.75, 3.05) is 18.0 Å². The van der Waals surface area contributed by atoms with E-state index < -0.39 is 11.6 Å². The molecule has 11 heteroatoms. The predicted molar refractivity (Wildman–Crippen MR) is 144 cm³/mol. The molecule has 200 valence electrons. The van der Waals surface area contributed by atoms with Crippen molar-refractivity contribution in [3.63, 3.8) is 0 Å². The van der Waals surface area contributed by atoms with Crippen molar-refractivity contribution in [2.45, 2.75) is 38.9 Å². The number of piperidine rings is 1. The van der Waals surface area contributed by atoms with Crippen molar-refractivity contribution >= 4 is 17.0 Å². The zero-order chi connectivity index (χ0) is 27.1. The zero-order valence-corrected chi connectivity index (χ0v) is 21.7. The van der Waals surface area contributed by atoms with E-state index in [0.717, 1.165) is 36.2 Å². The van der Waals surface area contributed by atoms with E-state index in [1.54, 1.807) is 13.3 Å². The van der Waals surface area contributed by atoms with Gasteiger partial charge in [-0.25, -0.2) is 28.5 Å². The summed E-state index contributed by atoms with van der Waals surface area (Å²) in [4.78, 5) is 32.9. The van der Waals surface area contributed by atoms with Gasteiger partial charge >= 0.3 is 5.69 Å². The van der Waals surface area contributed by atoms with Crippen LogP contribution in [0.15, 0.2) is 53.6 Å². The predicted octanol–water partition coefficient (Wildman–Crippen LogP) is 3.74. The van der Waals surface area contributed by atoms with E-state index >= 15 is 0 Å². The van der Waals surface area contributed by atoms with Crippen LogP contribution in [-0.2, 0) is 20.1 Å². The Labute approximate surface area is 223 Å². The molecular weight excluding hydrogens is 502 g/mol. The second-order valence-electron chi connectivity index (χ2n) is 9.91. The number of aryl methyl sites for hydroxylation is 2. The fraction of sp³-hybridized carbons (Fsp3) is 0.321. The zero-order valence-electron chi connectivity index (χ0n) is 21.7. The molecule has 0 bridgehead atoms. The summed E-state index contributed by atoms with van der Waals surface area (Å²) >= 11 is 0. The molecule has 1 saturated heterocycles. The average Bonchev–Trinajstić information content (AvgIpc) is 3.30. The van der Waals surface area contributed by atoms with Gasteiger partial charge in [-0.2, -0.15) is 4.98 Å². The highest BCUT2D eigenvalue weighted by atomic mass is 19.1. The number of nitrogens with one attached hydrogen (secondary N) is 1. The van der Waals surface area contributed by atoms with Crippen LogP contribution >= 0.6 is 0 Å². The molecule has 0 radical (unpaired) electrons. The summed E-state index contributed by atoms with van der Waals surface area (Å²) in [5.74, 6) is 0.337. The highest BCUT2D eigenvalue weighted by Gasteiger charge is 2.28. The number of halogens is 2. The van der Waals surface area contributed by atoms with E-state index in [1.165, 1.54) is 6.07 Å². The van der Waals surface area contributed by atoms with Gasteiger partial charge in [0.15, 0.2) is 17.0 Å². The molecule has 2 aliphatic heterocycles. The molecule has 3 aliphatic rings. The van der Waals surface area contributed by atoms with Crippen LogP contribution in [0.4, 0.5) is 14.6 Å². The molecule has 1 aliphatic carbocycles. The van der Waals surface area contributed by atoms with Crippen LogP contribution in [0.25, 0.3) is 22.6 Å². The lowest BCUT2D eigenvalue weighted by Crippen LogP contribution is -2.37. The number of benzene rings is 1. The first kappa shape index (κ1) is 25.1. The SMILES string of the molecule is Cc1cc(F)cc(F)c1CNCc1nc2c(N3CCC(n4c5cccccc-5nc4=O)CC3)ncnc2n1C. The van der Waals surface area contributed by atoms with Crippen LogP contribution in [0, 0.1) is 18.6 Å². The highest BCUT2D eigenvalue weighted by molar-refractivity contribution is 5.84. The smallest absolute Gasteiger partial charge is 0.348 e. The molecule has 4 heterocycles. The lowest BCUT2D eigenvalue weighted by atomic mass is 10.0. The summed E-state index contributed by atoms with van der Waals surface area (Å²) in [6.07, 6.45) is 3.09. The lowest BCUT2D eigenvalue weighted by Gasteiger charge is -2.33. The molecule has 1 aromatic carbocycles. The average molecular weight is 531 g/mol. The third-order valence-electron chi connectivity index (χ3n) is 7.50. The Bertz CT molecular complexity index is 1670. The number of anilines is 1. The molecule has 39 heavy (non-hydrogen) atoms. The lowest BCUT2D eigenvalue weighted by molar-refractivity contribution is 0.391. The van der Waals surface area contributed by atoms with E-state index in [4.69, 9.17) is 4.98 Å². The third-order valence-corrected chi connectivity index (χ3v) is 7.50. The number of imidazole rings is 2. The van der Waals surface area contributed by atoms with Gasteiger partial charge in [0.05, 0.1) is 17.9 Å². The Morgan fingerprint density at radius 2 is 1.82 bits per heavy atom. The number of hydrogen-bond donors (Lipinski definition) is 1. The van der Waals surface area contributed by atoms with Gasteiger partial charge in [0.25, 0.3) is 0 Å². The minimum Gasteiger partial charge on any atom is -0.355 e. The van der Waals surface area contributed by atoms with Crippen LogP contribution in [-0.4, -0.2) is 42.2 Å². The Morgan fingerprint density at radius 1 is 1.03 bits per heavy atom. The molecule has 0 atom stereocenters. The van der Waals surface area contributed by atoms with Crippen molar-refractivity contribution in [3.8, 4) is 11.4 Å². The van der Waals surface area contributed by atoms with Crippen LogP contribution in [0.1, 0.15) is 35.8 Å². The summed E-state index contributed by atoms with van der Waals surface area (Å²) in [7, 11) is 1.89. The fourth-order valence-corrected chi connectivity index (χ4v) is 5.45. The monoisotopic (exact) mass is 530 g/mol. The summed E-state index contributed by atoms with van der Waals surface area (Å²) in [6.45, 7) is 3.73. The van der Waals surface area contributed by atoms with Gasteiger partial charge in [0, 0.05) is 44.4 Å². The minimum absolute atomic E-state index is 0.0530. The first-order valence-corrected chi connectivity index (χ1v) is 12.9. The normalized spacial score (nSPS) is 14.5. The van der Waals surface area contributed by atoms with E-state index in [-0.39, 0.29) is 18.3 Å². The Balaban J connectivity index is 1.18. The second kappa shape index (κ2) is 10.1. The molecular formula is C28H28F2N8O. The molecule has 2 aromatic heterocycles. The maximum Gasteiger partial charge on any atom is 0.348 e. The van der Waals surface area contributed by atoms with Crippen LogP contribution in [0.5, 0.6) is 0 Å². The summed E-state index contributed by atoms with van der Waals surface area (Å²) < 4.78 is 31.4. The number of rotatable bonds is 6. The van der Waals surface area contributed by atoms with Crippen molar-refractivity contribution in [3.05, 3.63) is 87.9 Å². The van der Waals surface area contributed by atoms with Crippen molar-refractivity contribution in [1.82, 2.24) is 34.4 Å². The van der Waals surface area contributed by atoms with Gasteiger partial charge in [-0.1, -0.05) is 18.2 Å². The first-order chi connectivity index (χ1) is 18.9. The van der Waals surface area contributed by atoms with Crippen LogP contribution < -0.4 is 15.9 Å². The molecule has 1 fully saturated rings. The van der Waals surface area contributed by atoms with Gasteiger partial charge in [0.2, 0.25) is 0 Å². The van der Waals surface area contributed by atoms with Crippen molar-refractivity contribution < 1.29 is 8.78 Å². The number of aromatic nitrogens is 6. The first-order valence-electron chi connectivity index (χ1n) is 12.9. The molecule has 0 saturated carbocycles. The van der Waals surface area contributed by atoms with Gasteiger partial charge in [-0.05, 0) is 43.5 Å². The molecule has 6 rings (SSSR count). The van der Waals surface area contributed by atoms with Crippen molar-refractivity contribution in [2.24, 2.45) is 7.05 Å². The quantitative estimate of drug-likeness (QED) is 0.358. The second-order valence-corrected chi connectivity index (χ2v) is 9.91. The van der Waals surface area contributed by atoms with Gasteiger partial charge in [0.1, 0.15) is 23.8 Å². The molecule has 3 aromatic rings. The summed E-state index contributed by atoms with van der Waals surface area (Å²) in [5, 5.41) is 3.22. The number of fused-ring (bicyclic) bond motifs is 2. The molecule has 0 spiro atoms. The van der Waals surface area contributed by atoms with E-state index in [9.17, 15) is 13.6 Å². The third kappa shape index (κ3) is 4.63. The Morgan fingerprint density at radius 3 is 2.62 bits per heavy atom. The Hall–Kier alpha value is -4.25. The molecule has 9 nitrogen and oxygen atoms in total. The molecule has 0 unspecified atom stereocenters. The topological polar surface area (TPSA) is 93.8 Å². The minimum atomic E-state index is -0.583. The largest absolute Gasteiger partial charge is 0.355 e. The molecule has 0 amide bonds. The summed E-state index contributed by atoms with van der Waals surface area (Å²) in [5.41, 5.74) is 3.74. The maximum absolute atomic E-state index is 14.2.